The van der Waals surface area contributed by atoms with Gasteiger partial charge in [-0.05, 0) is 21.6 Å². The quantitative estimate of drug-likeness (QED) is 0.412. The average molecular weight is 402 g/mol. The summed E-state index contributed by atoms with van der Waals surface area (Å²) in [6.07, 6.45) is -13.9. The molecule has 134 valence electrons. The summed E-state index contributed by atoms with van der Waals surface area (Å²) in [5.41, 5.74) is 0. The lowest BCUT2D eigenvalue weighted by molar-refractivity contribution is -0.331. The molecule has 0 aromatic heterocycles. The van der Waals surface area contributed by atoms with Crippen LogP contribution in [0.1, 0.15) is 0 Å². The van der Waals surface area contributed by atoms with Crippen molar-refractivity contribution >= 4 is 21.6 Å². The van der Waals surface area contributed by atoms with Gasteiger partial charge in [0, 0.05) is 0 Å². The largest absolute Gasteiger partial charge is 0.460 e. The van der Waals surface area contributed by atoms with Crippen molar-refractivity contribution in [2.75, 3.05) is 0 Å². The van der Waals surface area contributed by atoms with E-state index in [9.17, 15) is 61.5 Å². The molecule has 0 heterocycles. The van der Waals surface area contributed by atoms with Gasteiger partial charge in [-0.15, -0.1) is 0 Å². The topological polar surface area (TPSA) is 0 Å². The highest BCUT2D eigenvalue weighted by Gasteiger charge is 2.77. The molecule has 0 saturated heterocycles. The lowest BCUT2D eigenvalue weighted by Crippen LogP contribution is -2.52. The fraction of sp³-hybridized carbons (Fsp3) is 1.00. The maximum absolute atomic E-state index is 12.5. The minimum Gasteiger partial charge on any atom is -0.188 e. The smallest absolute Gasteiger partial charge is 0.188 e. The summed E-state index contributed by atoms with van der Waals surface area (Å²) in [6, 6.07) is 0. The van der Waals surface area contributed by atoms with Crippen LogP contribution < -0.4 is 0 Å². The second-order valence-corrected chi connectivity index (χ2v) is 5.70. The van der Waals surface area contributed by atoms with Crippen molar-refractivity contribution in [2.45, 2.75) is 34.7 Å². The van der Waals surface area contributed by atoms with E-state index in [1.54, 1.807) is 0 Å². The van der Waals surface area contributed by atoms with E-state index in [1.807, 2.05) is 0 Å². The first-order valence-electron chi connectivity index (χ1n) is 4.22. The monoisotopic (exact) mass is 402 g/mol. The molecule has 0 radical (unpaired) electrons. The van der Waals surface area contributed by atoms with Gasteiger partial charge in [0.05, 0.1) is 0 Å². The molecule has 0 unspecified atom stereocenters. The summed E-state index contributed by atoms with van der Waals surface area (Å²) in [5.74, 6) is -13.9. The second kappa shape index (κ2) is 5.66. The van der Waals surface area contributed by atoms with Crippen LogP contribution in [0, 0.1) is 0 Å². The number of hydrogen-bond donors (Lipinski definition) is 0. The first kappa shape index (κ1) is 21.7. The zero-order chi connectivity index (χ0) is 18.4. The molecule has 0 amide bonds. The third-order valence-electron chi connectivity index (χ3n) is 1.69. The van der Waals surface area contributed by atoms with E-state index >= 15 is 0 Å². The van der Waals surface area contributed by atoms with Crippen LogP contribution in [0.2, 0.25) is 0 Å². The summed E-state index contributed by atoms with van der Waals surface area (Å²) < 4.78 is 169. The van der Waals surface area contributed by atoms with Gasteiger partial charge >= 0.3 is 34.7 Å². The van der Waals surface area contributed by atoms with Crippen molar-refractivity contribution in [1.29, 1.82) is 0 Å². The Bertz CT molecular complexity index is 353. The Morgan fingerprint density at radius 2 is 0.545 bits per heavy atom. The van der Waals surface area contributed by atoms with Gasteiger partial charge in [-0.1, -0.05) is 0 Å². The van der Waals surface area contributed by atoms with Crippen molar-refractivity contribution in [3.8, 4) is 0 Å². The van der Waals surface area contributed by atoms with E-state index in [4.69, 9.17) is 0 Å². The Morgan fingerprint density at radius 1 is 0.364 bits per heavy atom. The SMILES string of the molecule is FC(F)(F)C(F)(F)C(F)(F)SSC(F)(F)C(F)(F)C(F)(F)F. The van der Waals surface area contributed by atoms with Crippen LogP contribution in [-0.2, 0) is 0 Å². The van der Waals surface area contributed by atoms with Gasteiger partial charge in [-0.3, -0.25) is 0 Å². The fourth-order valence-electron chi connectivity index (χ4n) is 0.539. The molecule has 16 heteroatoms. The molecule has 0 nitrogen and oxygen atoms in total. The molecular weight excluding hydrogens is 402 g/mol. The van der Waals surface area contributed by atoms with E-state index in [2.05, 4.69) is 0 Å². The number of rotatable bonds is 5. The third-order valence-corrected chi connectivity index (χ3v) is 4.21. The zero-order valence-corrected chi connectivity index (χ0v) is 10.7. The first-order chi connectivity index (χ1) is 9.21. The standard InChI is InChI=1S/C6F14S2/c7-1(8,3(11,12)13)5(17,18)21-22-6(19,20)2(9,10)4(14,15)16. The minimum atomic E-state index is -6.95. The molecule has 0 spiro atoms. The summed E-state index contributed by atoms with van der Waals surface area (Å²) in [4.78, 5) is 0. The molecule has 0 aliphatic carbocycles. The fourth-order valence-corrected chi connectivity index (χ4v) is 2.45. The number of halogens is 14. The zero-order valence-electron chi connectivity index (χ0n) is 9.11. The van der Waals surface area contributed by atoms with E-state index in [1.165, 1.54) is 0 Å². The molecule has 0 rings (SSSR count). The Labute approximate surface area is 119 Å². The van der Waals surface area contributed by atoms with Crippen molar-refractivity contribution in [1.82, 2.24) is 0 Å². The van der Waals surface area contributed by atoms with Crippen LogP contribution in [0.3, 0.4) is 0 Å². The number of alkyl halides is 14. The van der Waals surface area contributed by atoms with Crippen LogP contribution in [0.5, 0.6) is 0 Å². The predicted molar refractivity (Wildman–Crippen MR) is 47.1 cm³/mol. The van der Waals surface area contributed by atoms with Gasteiger partial charge in [0.15, 0.2) is 0 Å². The van der Waals surface area contributed by atoms with Gasteiger partial charge in [-0.25, -0.2) is 0 Å². The third kappa shape index (κ3) is 3.79. The number of hydrogen-bond acceptors (Lipinski definition) is 2. The van der Waals surface area contributed by atoms with Gasteiger partial charge in [0.1, 0.15) is 0 Å². The van der Waals surface area contributed by atoms with E-state index in [0.29, 0.717) is 0 Å². The lowest BCUT2D eigenvalue weighted by atomic mass is 10.3. The Morgan fingerprint density at radius 3 is 0.682 bits per heavy atom. The summed E-state index contributed by atoms with van der Waals surface area (Å²) in [5, 5.41) is -12.9. The van der Waals surface area contributed by atoms with Crippen LogP contribution >= 0.6 is 21.6 Å². The van der Waals surface area contributed by atoms with Crippen molar-refractivity contribution in [3.05, 3.63) is 0 Å². The second-order valence-electron chi connectivity index (χ2n) is 3.34. The van der Waals surface area contributed by atoms with E-state index in [0.717, 1.165) is 0 Å². The van der Waals surface area contributed by atoms with Crippen LogP contribution in [0.25, 0.3) is 0 Å². The molecule has 0 fully saturated rings. The molecule has 22 heavy (non-hydrogen) atoms. The predicted octanol–water partition coefficient (Wildman–Crippen LogP) is 5.95. The van der Waals surface area contributed by atoms with Gasteiger partial charge < -0.3 is 0 Å². The highest BCUT2D eigenvalue weighted by Crippen LogP contribution is 2.62. The van der Waals surface area contributed by atoms with Crippen LogP contribution in [0.15, 0.2) is 0 Å². The van der Waals surface area contributed by atoms with Gasteiger partial charge in [0.2, 0.25) is 0 Å². The summed E-state index contributed by atoms with van der Waals surface area (Å²) >= 11 is 0. The molecule has 0 saturated carbocycles. The average Bonchev–Trinajstić information content (AvgIpc) is 2.23. The van der Waals surface area contributed by atoms with E-state index in [-0.39, 0.29) is 0 Å². The molecule has 0 atom stereocenters. The first-order valence-corrected chi connectivity index (χ1v) is 6.37. The highest BCUT2D eigenvalue weighted by atomic mass is 33.1. The Kier molecular flexibility index (Phi) is 5.59. The minimum absolute atomic E-state index is 2.45. The lowest BCUT2D eigenvalue weighted by Gasteiger charge is -2.30. The van der Waals surface area contributed by atoms with Gasteiger partial charge in [0.25, 0.3) is 0 Å². The molecule has 0 aromatic rings. The summed E-state index contributed by atoms with van der Waals surface area (Å²) in [7, 11) is -4.91. The normalized spacial score (nSPS) is 16.1. The van der Waals surface area contributed by atoms with Crippen LogP contribution in [-0.4, -0.2) is 34.7 Å². The van der Waals surface area contributed by atoms with Crippen molar-refractivity contribution in [3.63, 3.8) is 0 Å². The van der Waals surface area contributed by atoms with Gasteiger partial charge in [-0.2, -0.15) is 61.5 Å². The Balaban J connectivity index is 5.31. The molecular formula is C6F14S2. The maximum Gasteiger partial charge on any atom is 0.460 e. The molecule has 0 N–H and O–H groups in total. The molecule has 0 aromatic carbocycles. The molecule has 0 aliphatic rings. The van der Waals surface area contributed by atoms with Crippen molar-refractivity contribution < 1.29 is 61.5 Å². The molecule has 0 aliphatic heterocycles. The van der Waals surface area contributed by atoms with Crippen LogP contribution in [0.4, 0.5) is 61.5 Å². The van der Waals surface area contributed by atoms with Crippen molar-refractivity contribution in [2.24, 2.45) is 0 Å². The summed E-state index contributed by atoms with van der Waals surface area (Å²) in [6.45, 7) is 0. The maximum atomic E-state index is 12.5. The Hall–Kier alpha value is -0.280. The van der Waals surface area contributed by atoms with E-state index < -0.39 is 56.3 Å². The highest BCUT2D eigenvalue weighted by molar-refractivity contribution is 8.77. The molecule has 0 bridgehead atoms.